The monoisotopic (exact) mass is 394 g/mol. The van der Waals surface area contributed by atoms with E-state index in [0.717, 1.165) is 6.07 Å². The summed E-state index contributed by atoms with van der Waals surface area (Å²) in [5, 5.41) is 30.5. The lowest BCUT2D eigenvalue weighted by molar-refractivity contribution is -0.384. The molecule has 0 saturated heterocycles. The van der Waals surface area contributed by atoms with E-state index in [0.29, 0.717) is 3.57 Å². The van der Waals surface area contributed by atoms with Gasteiger partial charge in [0.1, 0.15) is 0 Å². The molecule has 1 atom stereocenters. The first kappa shape index (κ1) is 16.3. The minimum absolute atomic E-state index is 0.0505. The zero-order valence-electron chi connectivity index (χ0n) is 10.1. The first-order valence-corrected chi connectivity index (χ1v) is 6.54. The average molecular weight is 394 g/mol. The van der Waals surface area contributed by atoms with E-state index >= 15 is 0 Å². The Morgan fingerprint density at radius 3 is 2.65 bits per heavy atom. The normalized spacial score (nSPS) is 11.7. The van der Waals surface area contributed by atoms with E-state index in [9.17, 15) is 19.7 Å². The summed E-state index contributed by atoms with van der Waals surface area (Å²) in [4.78, 5) is 32.2. The van der Waals surface area contributed by atoms with Gasteiger partial charge in [0.15, 0.2) is 6.10 Å². The molecular formula is C11H11IN2O6. The predicted octanol–water partition coefficient (Wildman–Crippen LogP) is 0.765. The summed E-state index contributed by atoms with van der Waals surface area (Å²) >= 11 is 1.86. The number of aliphatic carboxylic acids is 1. The zero-order chi connectivity index (χ0) is 15.3. The highest BCUT2D eigenvalue weighted by atomic mass is 127. The maximum Gasteiger partial charge on any atom is 0.332 e. The maximum absolute atomic E-state index is 11.8. The first-order valence-electron chi connectivity index (χ1n) is 5.46. The molecule has 1 amide bonds. The van der Waals surface area contributed by atoms with Gasteiger partial charge in [-0.2, -0.15) is 0 Å². The van der Waals surface area contributed by atoms with E-state index in [1.54, 1.807) is 0 Å². The summed E-state index contributed by atoms with van der Waals surface area (Å²) in [5.41, 5.74) is -0.0780. The Morgan fingerprint density at radius 2 is 2.10 bits per heavy atom. The van der Waals surface area contributed by atoms with Gasteiger partial charge < -0.3 is 15.5 Å². The molecule has 0 bridgehead atoms. The molecule has 1 rings (SSSR count). The van der Waals surface area contributed by atoms with Gasteiger partial charge in [0.05, 0.1) is 10.5 Å². The van der Waals surface area contributed by atoms with E-state index in [2.05, 4.69) is 5.32 Å². The number of carboxylic acid groups (broad SMARTS) is 1. The Bertz CT molecular complexity index is 548. The number of amides is 1. The summed E-state index contributed by atoms with van der Waals surface area (Å²) < 4.78 is 0.532. The summed E-state index contributed by atoms with van der Waals surface area (Å²) in [5.74, 6) is -1.93. The number of aliphatic hydroxyl groups excluding tert-OH is 1. The average Bonchev–Trinajstić information content (AvgIpc) is 2.38. The third kappa shape index (κ3) is 4.42. The van der Waals surface area contributed by atoms with E-state index in [4.69, 9.17) is 10.2 Å². The molecule has 0 aliphatic carbocycles. The number of hydrogen-bond acceptors (Lipinski definition) is 5. The van der Waals surface area contributed by atoms with Gasteiger partial charge in [0.2, 0.25) is 0 Å². The number of nitrogens with zero attached hydrogens (tertiary/aromatic N) is 1. The number of non-ortho nitro benzene ring substituents is 1. The van der Waals surface area contributed by atoms with Crippen LogP contribution >= 0.6 is 22.6 Å². The van der Waals surface area contributed by atoms with Crippen molar-refractivity contribution in [1.82, 2.24) is 5.32 Å². The first-order chi connectivity index (χ1) is 9.32. The molecule has 20 heavy (non-hydrogen) atoms. The second-order valence-corrected chi connectivity index (χ2v) is 4.98. The van der Waals surface area contributed by atoms with Gasteiger partial charge in [-0.15, -0.1) is 0 Å². The molecule has 1 aromatic carbocycles. The van der Waals surface area contributed by atoms with Crippen LogP contribution in [-0.4, -0.2) is 39.7 Å². The van der Waals surface area contributed by atoms with Crippen LogP contribution < -0.4 is 5.32 Å². The van der Waals surface area contributed by atoms with Crippen LogP contribution in [0.3, 0.4) is 0 Å². The standard InChI is InChI=1S/C11H11IN2O6/c12-8-2-1-6(14(19)20)5-7(8)10(16)13-4-3-9(15)11(17)18/h1-2,5,9,15H,3-4H2,(H,13,16)(H,17,18). The topological polar surface area (TPSA) is 130 Å². The number of halogens is 1. The molecule has 0 aliphatic heterocycles. The Balaban J connectivity index is 2.70. The van der Waals surface area contributed by atoms with Gasteiger partial charge >= 0.3 is 5.97 Å². The molecule has 0 heterocycles. The SMILES string of the molecule is O=C(NCCC(O)C(=O)O)c1cc([N+](=O)[O-])ccc1I. The van der Waals surface area contributed by atoms with Crippen LogP contribution in [0.25, 0.3) is 0 Å². The largest absolute Gasteiger partial charge is 0.479 e. The van der Waals surface area contributed by atoms with E-state index in [1.165, 1.54) is 12.1 Å². The number of aliphatic hydroxyl groups is 1. The molecule has 0 saturated carbocycles. The second-order valence-electron chi connectivity index (χ2n) is 3.82. The quantitative estimate of drug-likeness (QED) is 0.371. The highest BCUT2D eigenvalue weighted by Gasteiger charge is 2.17. The Kier molecular flexibility index (Phi) is 5.82. The van der Waals surface area contributed by atoms with Gasteiger partial charge in [-0.25, -0.2) is 4.79 Å². The van der Waals surface area contributed by atoms with Crippen molar-refractivity contribution in [2.24, 2.45) is 0 Å². The van der Waals surface area contributed by atoms with Crippen molar-refractivity contribution in [2.45, 2.75) is 12.5 Å². The Morgan fingerprint density at radius 1 is 1.45 bits per heavy atom. The van der Waals surface area contributed by atoms with Crippen LogP contribution in [-0.2, 0) is 4.79 Å². The number of benzene rings is 1. The fourth-order valence-electron chi connectivity index (χ4n) is 1.34. The van der Waals surface area contributed by atoms with Crippen molar-refractivity contribution in [3.8, 4) is 0 Å². The fourth-order valence-corrected chi connectivity index (χ4v) is 1.92. The number of nitro benzene ring substituents is 1. The minimum atomic E-state index is -1.56. The van der Waals surface area contributed by atoms with E-state index in [1.807, 2.05) is 22.6 Å². The molecule has 108 valence electrons. The van der Waals surface area contributed by atoms with Crippen LogP contribution in [0, 0.1) is 13.7 Å². The number of carboxylic acids is 1. The van der Waals surface area contributed by atoms with Gasteiger partial charge in [-0.1, -0.05) is 0 Å². The Labute approximate surface area is 127 Å². The van der Waals surface area contributed by atoms with E-state index < -0.39 is 22.9 Å². The van der Waals surface area contributed by atoms with Crippen molar-refractivity contribution in [3.05, 3.63) is 37.4 Å². The molecule has 8 nitrogen and oxygen atoms in total. The number of nitro groups is 1. The third-order valence-electron chi connectivity index (χ3n) is 2.39. The van der Waals surface area contributed by atoms with Crippen molar-refractivity contribution < 1.29 is 24.7 Å². The van der Waals surface area contributed by atoms with Crippen LogP contribution in [0.4, 0.5) is 5.69 Å². The number of nitrogens with one attached hydrogen (secondary N) is 1. The lowest BCUT2D eigenvalue weighted by atomic mass is 10.2. The van der Waals surface area contributed by atoms with E-state index in [-0.39, 0.29) is 24.2 Å². The predicted molar refractivity (Wildman–Crippen MR) is 76.4 cm³/mol. The maximum atomic E-state index is 11.8. The van der Waals surface area contributed by atoms with Crippen molar-refractivity contribution in [3.63, 3.8) is 0 Å². The number of carbonyl (C=O) groups is 2. The van der Waals surface area contributed by atoms with Crippen LogP contribution in [0.1, 0.15) is 16.8 Å². The summed E-state index contributed by atoms with van der Waals surface area (Å²) in [6.07, 6.45) is -1.70. The Hall–Kier alpha value is -1.75. The fraction of sp³-hybridized carbons (Fsp3) is 0.273. The van der Waals surface area contributed by atoms with Crippen molar-refractivity contribution in [1.29, 1.82) is 0 Å². The third-order valence-corrected chi connectivity index (χ3v) is 3.33. The van der Waals surface area contributed by atoms with Crippen LogP contribution in [0.2, 0.25) is 0 Å². The molecule has 0 aliphatic rings. The highest BCUT2D eigenvalue weighted by Crippen LogP contribution is 2.19. The molecule has 3 N–H and O–H groups in total. The lowest BCUT2D eigenvalue weighted by Gasteiger charge is -2.08. The van der Waals surface area contributed by atoms with Crippen LogP contribution in [0.5, 0.6) is 0 Å². The second kappa shape index (κ2) is 7.14. The van der Waals surface area contributed by atoms with Crippen LogP contribution in [0.15, 0.2) is 18.2 Å². The van der Waals surface area contributed by atoms with Gasteiger partial charge in [0, 0.05) is 28.7 Å². The number of rotatable bonds is 6. The summed E-state index contributed by atoms with van der Waals surface area (Å²) in [6.45, 7) is -0.0505. The highest BCUT2D eigenvalue weighted by molar-refractivity contribution is 14.1. The molecule has 0 spiro atoms. The van der Waals surface area contributed by atoms with Gasteiger partial charge in [-0.05, 0) is 28.7 Å². The minimum Gasteiger partial charge on any atom is -0.479 e. The molecule has 0 aromatic heterocycles. The van der Waals surface area contributed by atoms with Gasteiger partial charge in [0.25, 0.3) is 11.6 Å². The molecule has 0 radical (unpaired) electrons. The smallest absolute Gasteiger partial charge is 0.332 e. The van der Waals surface area contributed by atoms with Gasteiger partial charge in [-0.3, -0.25) is 14.9 Å². The molecule has 1 unspecified atom stereocenters. The zero-order valence-corrected chi connectivity index (χ0v) is 12.2. The number of carbonyl (C=O) groups excluding carboxylic acids is 1. The summed E-state index contributed by atoms with van der Waals surface area (Å²) in [7, 11) is 0. The summed E-state index contributed by atoms with van der Waals surface area (Å²) in [6, 6.07) is 3.87. The molecule has 1 aromatic rings. The molecule has 9 heteroatoms. The van der Waals surface area contributed by atoms with Crippen molar-refractivity contribution >= 4 is 40.2 Å². The molecular weight excluding hydrogens is 383 g/mol. The van der Waals surface area contributed by atoms with Crippen molar-refractivity contribution in [2.75, 3.05) is 6.54 Å². The lowest BCUT2D eigenvalue weighted by Crippen LogP contribution is -2.30. The molecule has 0 fully saturated rings. The number of hydrogen-bond donors (Lipinski definition) is 3.